The van der Waals surface area contributed by atoms with Gasteiger partial charge in [-0.2, -0.15) is 0 Å². The smallest absolute Gasteiger partial charge is 0.109 e. The van der Waals surface area contributed by atoms with Crippen molar-refractivity contribution in [2.45, 2.75) is 13.3 Å². The third-order valence-electron chi connectivity index (χ3n) is 2.12. The molecule has 5 heteroatoms. The molecule has 0 unspecified atom stereocenters. The molecule has 0 amide bonds. The fourth-order valence-corrected chi connectivity index (χ4v) is 1.31. The van der Waals surface area contributed by atoms with Crippen molar-refractivity contribution in [3.05, 3.63) is 17.7 Å². The largest absolute Gasteiger partial charge is 0.338 e. The van der Waals surface area contributed by atoms with E-state index >= 15 is 0 Å². The average Bonchev–Trinajstić information content (AvgIpc) is 2.44. The van der Waals surface area contributed by atoms with Gasteiger partial charge in [-0.3, -0.25) is 9.90 Å². The molecule has 0 saturated heterocycles. The maximum absolute atomic E-state index is 5.16. The van der Waals surface area contributed by atoms with Crippen LogP contribution in [0.1, 0.15) is 11.5 Å². The van der Waals surface area contributed by atoms with Crippen molar-refractivity contribution < 1.29 is 4.84 Å². The molecule has 0 N–H and O–H groups in total. The summed E-state index contributed by atoms with van der Waals surface area (Å²) in [4.78, 5) is 10.1. The van der Waals surface area contributed by atoms with Crippen molar-refractivity contribution >= 4 is 17.2 Å². The van der Waals surface area contributed by atoms with E-state index in [4.69, 9.17) is 17.1 Å². The Bertz CT molecular complexity index is 315. The summed E-state index contributed by atoms with van der Waals surface area (Å²) in [5, 5.41) is 1.57. The number of aromatic nitrogens is 2. The summed E-state index contributed by atoms with van der Waals surface area (Å²) < 4.78 is 1.98. The van der Waals surface area contributed by atoms with Gasteiger partial charge < -0.3 is 4.57 Å². The molecule has 1 rings (SSSR count). The zero-order valence-electron chi connectivity index (χ0n) is 8.94. The molecule has 0 saturated carbocycles. The molecule has 0 aliphatic heterocycles. The molecular formula is C9H15N3OS. The molecule has 0 aromatic carbocycles. The Morgan fingerprint density at radius 1 is 1.71 bits per heavy atom. The van der Waals surface area contributed by atoms with Crippen LogP contribution in [-0.4, -0.2) is 33.8 Å². The standard InChI is InChI=1S/C9H15N3OS/c1-7-10-8(6-11(7)2)5-9(14)12(3)13-4/h6H,5H2,1-4H3. The second kappa shape index (κ2) is 4.52. The first-order valence-electron chi connectivity index (χ1n) is 4.34. The lowest BCUT2D eigenvalue weighted by Crippen LogP contribution is -2.25. The number of thiocarbonyl (C=S) groups is 1. The van der Waals surface area contributed by atoms with Gasteiger partial charge in [-0.15, -0.1) is 0 Å². The molecule has 78 valence electrons. The maximum Gasteiger partial charge on any atom is 0.109 e. The zero-order chi connectivity index (χ0) is 10.7. The molecular weight excluding hydrogens is 198 g/mol. The van der Waals surface area contributed by atoms with Crippen LogP contribution in [0.15, 0.2) is 6.20 Å². The summed E-state index contributed by atoms with van der Waals surface area (Å²) >= 11 is 5.16. The van der Waals surface area contributed by atoms with E-state index in [1.165, 1.54) is 0 Å². The van der Waals surface area contributed by atoms with Gasteiger partial charge >= 0.3 is 0 Å². The van der Waals surface area contributed by atoms with Crippen LogP contribution in [0.25, 0.3) is 0 Å². The van der Waals surface area contributed by atoms with E-state index in [-0.39, 0.29) is 0 Å². The number of aryl methyl sites for hydroxylation is 2. The summed E-state index contributed by atoms with van der Waals surface area (Å²) in [6, 6.07) is 0. The molecule has 1 aromatic rings. The molecule has 1 aromatic heterocycles. The highest BCUT2D eigenvalue weighted by molar-refractivity contribution is 7.80. The van der Waals surface area contributed by atoms with E-state index in [1.807, 2.05) is 24.7 Å². The Hall–Kier alpha value is -0.940. The van der Waals surface area contributed by atoms with Crippen LogP contribution < -0.4 is 0 Å². The van der Waals surface area contributed by atoms with Crippen molar-refractivity contribution in [3.8, 4) is 0 Å². The van der Waals surface area contributed by atoms with Crippen molar-refractivity contribution in [3.63, 3.8) is 0 Å². The third-order valence-corrected chi connectivity index (χ3v) is 2.52. The molecule has 0 atom stereocenters. The monoisotopic (exact) mass is 213 g/mol. The van der Waals surface area contributed by atoms with Crippen LogP contribution in [0.2, 0.25) is 0 Å². The van der Waals surface area contributed by atoms with Crippen LogP contribution in [0.5, 0.6) is 0 Å². The van der Waals surface area contributed by atoms with Gasteiger partial charge in [0, 0.05) is 26.7 Å². The van der Waals surface area contributed by atoms with E-state index in [9.17, 15) is 0 Å². The molecule has 1 heterocycles. The van der Waals surface area contributed by atoms with Gasteiger partial charge in [0.2, 0.25) is 0 Å². The Kier molecular flexibility index (Phi) is 3.60. The third kappa shape index (κ3) is 2.52. The topological polar surface area (TPSA) is 30.3 Å². The van der Waals surface area contributed by atoms with Gasteiger partial charge in [0.05, 0.1) is 12.8 Å². The first-order valence-corrected chi connectivity index (χ1v) is 4.75. The van der Waals surface area contributed by atoms with Crippen LogP contribution in [0, 0.1) is 6.92 Å². The Labute approximate surface area is 89.4 Å². The highest BCUT2D eigenvalue weighted by Gasteiger charge is 2.07. The van der Waals surface area contributed by atoms with Crippen LogP contribution in [-0.2, 0) is 18.3 Å². The average molecular weight is 213 g/mol. The van der Waals surface area contributed by atoms with Gasteiger partial charge in [0.1, 0.15) is 10.8 Å². The van der Waals surface area contributed by atoms with Gasteiger partial charge in [-0.1, -0.05) is 12.2 Å². The number of nitrogens with zero attached hydrogens (tertiary/aromatic N) is 3. The number of hydrogen-bond donors (Lipinski definition) is 0. The minimum atomic E-state index is 0.640. The number of imidazole rings is 1. The van der Waals surface area contributed by atoms with E-state index in [1.54, 1.807) is 19.2 Å². The highest BCUT2D eigenvalue weighted by Crippen LogP contribution is 2.03. The normalized spacial score (nSPS) is 10.3. The number of rotatable bonds is 3. The number of hydroxylamine groups is 2. The summed E-state index contributed by atoms with van der Waals surface area (Å²) in [6.07, 6.45) is 2.62. The number of likely N-dealkylation sites (N-methyl/N-ethyl adjacent to an activating group) is 1. The fraction of sp³-hybridized carbons (Fsp3) is 0.556. The molecule has 0 fully saturated rings. The van der Waals surface area contributed by atoms with Crippen molar-refractivity contribution in [2.75, 3.05) is 14.2 Å². The van der Waals surface area contributed by atoms with Crippen molar-refractivity contribution in [2.24, 2.45) is 7.05 Å². The zero-order valence-corrected chi connectivity index (χ0v) is 9.76. The summed E-state index contributed by atoms with van der Waals surface area (Å²) in [5.41, 5.74) is 0.971. The lowest BCUT2D eigenvalue weighted by atomic mass is 10.3. The minimum absolute atomic E-state index is 0.640. The maximum atomic E-state index is 5.16. The van der Waals surface area contributed by atoms with E-state index in [0.717, 1.165) is 16.5 Å². The van der Waals surface area contributed by atoms with E-state index < -0.39 is 0 Å². The molecule has 0 radical (unpaired) electrons. The molecule has 0 aliphatic carbocycles. The predicted octanol–water partition coefficient (Wildman–Crippen LogP) is 1.09. The second-order valence-corrected chi connectivity index (χ2v) is 3.61. The highest BCUT2D eigenvalue weighted by atomic mass is 32.1. The van der Waals surface area contributed by atoms with Gasteiger partial charge in [-0.25, -0.2) is 4.98 Å². The molecule has 14 heavy (non-hydrogen) atoms. The van der Waals surface area contributed by atoms with Crippen molar-refractivity contribution in [1.29, 1.82) is 0 Å². The molecule has 0 spiro atoms. The Morgan fingerprint density at radius 3 is 2.79 bits per heavy atom. The van der Waals surface area contributed by atoms with E-state index in [2.05, 4.69) is 4.98 Å². The number of hydrogen-bond acceptors (Lipinski definition) is 3. The van der Waals surface area contributed by atoms with Gasteiger partial charge in [0.15, 0.2) is 0 Å². The minimum Gasteiger partial charge on any atom is -0.338 e. The quantitative estimate of drug-likeness (QED) is 0.555. The fourth-order valence-electron chi connectivity index (χ4n) is 1.09. The van der Waals surface area contributed by atoms with Crippen LogP contribution >= 0.6 is 12.2 Å². The van der Waals surface area contributed by atoms with Crippen molar-refractivity contribution in [1.82, 2.24) is 14.6 Å². The summed E-state index contributed by atoms with van der Waals surface area (Å²) in [5.74, 6) is 0.989. The van der Waals surface area contributed by atoms with Crippen LogP contribution in [0.4, 0.5) is 0 Å². The van der Waals surface area contributed by atoms with Crippen LogP contribution in [0.3, 0.4) is 0 Å². The lowest BCUT2D eigenvalue weighted by molar-refractivity contribution is -0.0406. The van der Waals surface area contributed by atoms with Gasteiger partial charge in [0.25, 0.3) is 0 Å². The Morgan fingerprint density at radius 2 is 2.36 bits per heavy atom. The molecule has 0 bridgehead atoms. The first kappa shape index (κ1) is 11.1. The van der Waals surface area contributed by atoms with Gasteiger partial charge in [-0.05, 0) is 6.92 Å². The SMILES string of the molecule is CON(C)C(=S)Cc1cn(C)c(C)n1. The van der Waals surface area contributed by atoms with E-state index in [0.29, 0.717) is 6.42 Å². The summed E-state index contributed by atoms with van der Waals surface area (Å²) in [7, 11) is 5.35. The molecule has 4 nitrogen and oxygen atoms in total. The predicted molar refractivity (Wildman–Crippen MR) is 59.0 cm³/mol. The lowest BCUT2D eigenvalue weighted by Gasteiger charge is -2.15. The Balaban J connectivity index is 2.65. The first-order chi connectivity index (χ1) is 6.54. The summed E-state index contributed by atoms with van der Waals surface area (Å²) in [6.45, 7) is 1.96. The second-order valence-electron chi connectivity index (χ2n) is 3.14. The molecule has 0 aliphatic rings.